The molecular weight excluding hydrogens is 455 g/mol. The highest BCUT2D eigenvalue weighted by atomic mass is 19.1. The van der Waals surface area contributed by atoms with Gasteiger partial charge in [-0.2, -0.15) is 0 Å². The molecule has 0 radical (unpaired) electrons. The van der Waals surface area contributed by atoms with Crippen LogP contribution < -0.4 is 5.32 Å². The molecule has 6 rings (SSSR count). The van der Waals surface area contributed by atoms with Crippen LogP contribution in [0.25, 0.3) is 16.6 Å². The lowest BCUT2D eigenvalue weighted by Gasteiger charge is -2.28. The number of Topliss-reactive ketones (excluding diaryl/α,β-unsaturated/α-hetero) is 1. The van der Waals surface area contributed by atoms with Gasteiger partial charge in [-0.25, -0.2) is 9.18 Å². The maximum absolute atomic E-state index is 14.5. The van der Waals surface area contributed by atoms with Crippen LogP contribution in [0.4, 0.5) is 4.39 Å². The number of para-hydroxylation sites is 1. The highest BCUT2D eigenvalue weighted by Crippen LogP contribution is 2.48. The summed E-state index contributed by atoms with van der Waals surface area (Å²) in [5, 5.41) is 4.21. The first-order valence-corrected chi connectivity index (χ1v) is 11.7. The quantitative estimate of drug-likeness (QED) is 0.390. The summed E-state index contributed by atoms with van der Waals surface area (Å²) in [5.74, 6) is -1.53. The van der Waals surface area contributed by atoms with E-state index in [1.807, 2.05) is 72.3 Å². The molecule has 3 aromatic carbocycles. The number of nitrogens with zero attached hydrogens (tertiary/aromatic N) is 1. The van der Waals surface area contributed by atoms with Gasteiger partial charge in [0.2, 0.25) is 0 Å². The van der Waals surface area contributed by atoms with E-state index in [-0.39, 0.29) is 11.6 Å². The van der Waals surface area contributed by atoms with E-state index in [0.717, 1.165) is 27.7 Å². The number of dihydropyridines is 1. The molecule has 6 heteroatoms. The third kappa shape index (κ3) is 3.22. The molecular formula is C30H23FN2O3. The Morgan fingerprint density at radius 3 is 2.47 bits per heavy atom. The number of hydrogen-bond donors (Lipinski definition) is 1. The van der Waals surface area contributed by atoms with Gasteiger partial charge in [-0.05, 0) is 24.6 Å². The molecule has 0 fully saturated rings. The third-order valence-corrected chi connectivity index (χ3v) is 7.08. The Hall–Kier alpha value is -4.45. The van der Waals surface area contributed by atoms with Crippen molar-refractivity contribution in [2.45, 2.75) is 19.4 Å². The van der Waals surface area contributed by atoms with E-state index in [2.05, 4.69) is 5.32 Å². The first-order valence-electron chi connectivity index (χ1n) is 11.7. The van der Waals surface area contributed by atoms with E-state index in [0.29, 0.717) is 34.5 Å². The molecule has 1 atom stereocenters. The van der Waals surface area contributed by atoms with Crippen LogP contribution in [-0.2, 0) is 16.1 Å². The number of fused-ring (bicyclic) bond motifs is 3. The minimum atomic E-state index is -0.639. The van der Waals surface area contributed by atoms with Gasteiger partial charge >= 0.3 is 5.97 Å². The smallest absolute Gasteiger partial charge is 0.336 e. The van der Waals surface area contributed by atoms with Crippen LogP contribution in [0.3, 0.4) is 0 Å². The molecule has 1 N–H and O–H groups in total. The zero-order valence-electron chi connectivity index (χ0n) is 19.8. The number of rotatable bonds is 4. The minimum Gasteiger partial charge on any atom is -0.466 e. The van der Waals surface area contributed by atoms with Gasteiger partial charge < -0.3 is 14.6 Å². The number of allylic oxidation sites excluding steroid dienone is 2. The Balaban J connectivity index is 1.59. The van der Waals surface area contributed by atoms with E-state index >= 15 is 0 Å². The second-order valence-electron chi connectivity index (χ2n) is 9.07. The van der Waals surface area contributed by atoms with Gasteiger partial charge in [-0.1, -0.05) is 60.7 Å². The van der Waals surface area contributed by atoms with Gasteiger partial charge in [0.1, 0.15) is 5.82 Å². The van der Waals surface area contributed by atoms with Crippen molar-refractivity contribution in [1.82, 2.24) is 9.88 Å². The molecule has 1 aliphatic heterocycles. The van der Waals surface area contributed by atoms with Crippen LogP contribution in [0.5, 0.6) is 0 Å². The lowest BCUT2D eigenvalue weighted by molar-refractivity contribution is -0.136. The average molecular weight is 479 g/mol. The topological polar surface area (TPSA) is 60.3 Å². The Bertz CT molecular complexity index is 1640. The molecule has 1 aliphatic carbocycles. The van der Waals surface area contributed by atoms with Gasteiger partial charge in [0.25, 0.3) is 0 Å². The monoisotopic (exact) mass is 478 g/mol. The Labute approximate surface area is 207 Å². The van der Waals surface area contributed by atoms with E-state index in [1.165, 1.54) is 13.2 Å². The second-order valence-corrected chi connectivity index (χ2v) is 9.07. The van der Waals surface area contributed by atoms with Crippen molar-refractivity contribution < 1.29 is 18.7 Å². The third-order valence-electron chi connectivity index (χ3n) is 7.08. The number of hydrogen-bond acceptors (Lipinski definition) is 4. The minimum absolute atomic E-state index is 0.113. The van der Waals surface area contributed by atoms with Gasteiger partial charge in [0, 0.05) is 45.1 Å². The van der Waals surface area contributed by atoms with Crippen molar-refractivity contribution >= 4 is 28.4 Å². The molecule has 5 nitrogen and oxygen atoms in total. The van der Waals surface area contributed by atoms with Crippen LogP contribution in [0.15, 0.2) is 95.8 Å². The van der Waals surface area contributed by atoms with E-state index in [9.17, 15) is 14.0 Å². The van der Waals surface area contributed by atoms with E-state index < -0.39 is 11.9 Å². The van der Waals surface area contributed by atoms with E-state index in [1.54, 1.807) is 12.1 Å². The predicted octanol–water partition coefficient (Wildman–Crippen LogP) is 5.57. The number of ether oxygens (including phenoxy) is 1. The number of aromatic nitrogens is 1. The molecule has 2 aliphatic rings. The standard InChI is InChI=1S/C30H23FN2O3/c1-17-25(30(35)36-2)26(27-28(32-17)20-11-4-5-12-21(20)29(27)34)22-16-33(24-14-8-6-10-19(22)24)15-18-9-3-7-13-23(18)31/h3-14,16,26,32H,15H2,1-2H3/t26-/m0/s1. The number of halogens is 1. The Morgan fingerprint density at radius 2 is 1.69 bits per heavy atom. The maximum atomic E-state index is 14.5. The average Bonchev–Trinajstić information content (AvgIpc) is 3.40. The van der Waals surface area contributed by atoms with Crippen LogP contribution in [0.2, 0.25) is 0 Å². The largest absolute Gasteiger partial charge is 0.466 e. The van der Waals surface area contributed by atoms with Crippen LogP contribution >= 0.6 is 0 Å². The van der Waals surface area contributed by atoms with Crippen molar-refractivity contribution in [3.05, 3.63) is 124 Å². The predicted molar refractivity (Wildman–Crippen MR) is 136 cm³/mol. The molecule has 178 valence electrons. The van der Waals surface area contributed by atoms with Crippen LogP contribution in [0.1, 0.15) is 39.9 Å². The normalized spacial score (nSPS) is 16.8. The van der Waals surface area contributed by atoms with Crippen molar-refractivity contribution in [2.24, 2.45) is 0 Å². The lowest BCUT2D eigenvalue weighted by atomic mass is 9.79. The molecule has 0 bridgehead atoms. The molecule has 1 aromatic heterocycles. The van der Waals surface area contributed by atoms with Gasteiger partial charge in [-0.15, -0.1) is 0 Å². The second kappa shape index (κ2) is 8.34. The summed E-state index contributed by atoms with van der Waals surface area (Å²) in [6.45, 7) is 2.14. The number of esters is 1. The summed E-state index contributed by atoms with van der Waals surface area (Å²) in [5.41, 5.74) is 5.95. The number of ketones is 1. The molecule has 4 aromatic rings. The summed E-state index contributed by atoms with van der Waals surface area (Å²) in [4.78, 5) is 26.8. The highest BCUT2D eigenvalue weighted by Gasteiger charge is 2.43. The first kappa shape index (κ1) is 22.0. The molecule has 0 spiro atoms. The fourth-order valence-electron chi connectivity index (χ4n) is 5.47. The fourth-order valence-corrected chi connectivity index (χ4v) is 5.47. The summed E-state index contributed by atoms with van der Waals surface area (Å²) in [6.07, 6.45) is 1.93. The van der Waals surface area contributed by atoms with Gasteiger partial charge in [-0.3, -0.25) is 4.79 Å². The first-order chi connectivity index (χ1) is 17.5. The lowest BCUT2D eigenvalue weighted by Crippen LogP contribution is -2.29. The zero-order chi connectivity index (χ0) is 25.0. The van der Waals surface area contributed by atoms with Crippen molar-refractivity contribution in [2.75, 3.05) is 7.11 Å². The van der Waals surface area contributed by atoms with Gasteiger partial charge in [0.15, 0.2) is 5.78 Å². The number of benzene rings is 3. The van der Waals surface area contributed by atoms with Crippen LogP contribution in [0, 0.1) is 5.82 Å². The van der Waals surface area contributed by atoms with Crippen LogP contribution in [-0.4, -0.2) is 23.4 Å². The number of carbonyl (C=O) groups is 2. The van der Waals surface area contributed by atoms with Crippen molar-refractivity contribution in [1.29, 1.82) is 0 Å². The number of methoxy groups -OCH3 is 1. The zero-order valence-corrected chi connectivity index (χ0v) is 19.8. The molecule has 2 heterocycles. The van der Waals surface area contributed by atoms with Crippen molar-refractivity contribution in [3.8, 4) is 0 Å². The highest BCUT2D eigenvalue weighted by molar-refractivity contribution is 6.23. The molecule has 0 saturated heterocycles. The number of carbonyl (C=O) groups excluding carboxylic acids is 2. The fraction of sp³-hybridized carbons (Fsp3) is 0.133. The Kier molecular flexibility index (Phi) is 5.11. The molecule has 0 saturated carbocycles. The SMILES string of the molecule is COC(=O)C1=C(C)NC2=C(C(=O)c3ccccc32)[C@H]1c1cn(Cc2ccccc2F)c2ccccc12. The Morgan fingerprint density at radius 1 is 1.00 bits per heavy atom. The summed E-state index contributed by atoms with van der Waals surface area (Å²) < 4.78 is 21.7. The molecule has 0 unspecified atom stereocenters. The maximum Gasteiger partial charge on any atom is 0.336 e. The molecule has 0 amide bonds. The summed E-state index contributed by atoms with van der Waals surface area (Å²) in [6, 6.07) is 21.9. The summed E-state index contributed by atoms with van der Waals surface area (Å²) in [7, 11) is 1.34. The van der Waals surface area contributed by atoms with E-state index in [4.69, 9.17) is 4.74 Å². The van der Waals surface area contributed by atoms with Gasteiger partial charge in [0.05, 0.1) is 30.8 Å². The van der Waals surface area contributed by atoms with Crippen molar-refractivity contribution in [3.63, 3.8) is 0 Å². The molecule has 36 heavy (non-hydrogen) atoms. The summed E-state index contributed by atoms with van der Waals surface area (Å²) >= 11 is 0. The number of nitrogens with one attached hydrogen (secondary N) is 1.